The number of fused-ring (bicyclic) bond motifs is 3. The van der Waals surface area contributed by atoms with Crippen LogP contribution in [0.3, 0.4) is 0 Å². The number of halogens is 2. The van der Waals surface area contributed by atoms with Crippen LogP contribution in [0.5, 0.6) is 0 Å². The fourth-order valence-corrected chi connectivity index (χ4v) is 3.38. The van der Waals surface area contributed by atoms with E-state index in [0.29, 0.717) is 15.7 Å². The summed E-state index contributed by atoms with van der Waals surface area (Å²) in [6.45, 7) is 0. The molecule has 5 heteroatoms. The second-order valence-electron chi connectivity index (χ2n) is 4.63. The largest absolute Gasteiger partial charge is 0.480 e. The Morgan fingerprint density at radius 1 is 1.33 bits per heavy atom. The van der Waals surface area contributed by atoms with Gasteiger partial charge in [-0.15, -0.1) is 0 Å². The van der Waals surface area contributed by atoms with Gasteiger partial charge in [-0.25, -0.2) is 4.79 Å². The Morgan fingerprint density at radius 2 is 2.06 bits per heavy atom. The molecule has 94 valence electrons. The maximum atomic E-state index is 11.3. The van der Waals surface area contributed by atoms with E-state index in [-0.39, 0.29) is 11.8 Å². The van der Waals surface area contributed by atoms with Crippen LogP contribution in [0.15, 0.2) is 24.3 Å². The first kappa shape index (κ1) is 11.9. The number of carboxylic acid groups (broad SMARTS) is 1. The van der Waals surface area contributed by atoms with Gasteiger partial charge in [0.1, 0.15) is 6.04 Å². The number of hydrogen-bond donors (Lipinski definition) is 2. The van der Waals surface area contributed by atoms with E-state index >= 15 is 0 Å². The van der Waals surface area contributed by atoms with Crippen LogP contribution < -0.4 is 5.32 Å². The third-order valence-corrected chi connectivity index (χ3v) is 4.33. The van der Waals surface area contributed by atoms with Gasteiger partial charge in [0.2, 0.25) is 0 Å². The molecule has 0 fully saturated rings. The molecule has 2 aliphatic rings. The van der Waals surface area contributed by atoms with Crippen molar-refractivity contribution in [3.05, 3.63) is 39.9 Å². The summed E-state index contributed by atoms with van der Waals surface area (Å²) in [5.41, 5.74) is 1.57. The van der Waals surface area contributed by atoms with Gasteiger partial charge >= 0.3 is 5.97 Å². The van der Waals surface area contributed by atoms with E-state index in [9.17, 15) is 9.90 Å². The van der Waals surface area contributed by atoms with Crippen LogP contribution in [-0.4, -0.2) is 17.1 Å². The highest BCUT2D eigenvalue weighted by Gasteiger charge is 2.42. The maximum absolute atomic E-state index is 11.3. The molecular formula is C13H11Cl2NO2. The second kappa shape index (κ2) is 4.18. The van der Waals surface area contributed by atoms with Crippen molar-refractivity contribution in [2.75, 3.05) is 5.32 Å². The SMILES string of the molecule is O=C(O)[C@@H]1Nc2c(Cl)ccc(Cl)c2[C@@H]2C=CC[C@H]12. The van der Waals surface area contributed by atoms with Gasteiger partial charge in [0, 0.05) is 22.4 Å². The van der Waals surface area contributed by atoms with E-state index < -0.39 is 12.0 Å². The van der Waals surface area contributed by atoms with Crippen LogP contribution in [0.25, 0.3) is 0 Å². The van der Waals surface area contributed by atoms with Crippen molar-refractivity contribution in [2.24, 2.45) is 5.92 Å². The molecule has 18 heavy (non-hydrogen) atoms. The third-order valence-electron chi connectivity index (χ3n) is 3.68. The minimum Gasteiger partial charge on any atom is -0.480 e. The predicted octanol–water partition coefficient (Wildman–Crippen LogP) is 3.53. The number of anilines is 1. The molecular weight excluding hydrogens is 273 g/mol. The highest BCUT2D eigenvalue weighted by Crippen LogP contribution is 2.49. The summed E-state index contributed by atoms with van der Waals surface area (Å²) in [7, 11) is 0. The summed E-state index contributed by atoms with van der Waals surface area (Å²) < 4.78 is 0. The molecule has 0 radical (unpaired) electrons. The molecule has 2 N–H and O–H groups in total. The van der Waals surface area contributed by atoms with Crippen LogP contribution in [0.4, 0.5) is 5.69 Å². The molecule has 0 amide bonds. The quantitative estimate of drug-likeness (QED) is 0.775. The molecule has 0 saturated carbocycles. The minimum atomic E-state index is -0.851. The number of carbonyl (C=O) groups is 1. The van der Waals surface area contributed by atoms with Gasteiger partial charge in [-0.2, -0.15) is 0 Å². The zero-order valence-electron chi connectivity index (χ0n) is 9.36. The fourth-order valence-electron chi connectivity index (χ4n) is 2.87. The lowest BCUT2D eigenvalue weighted by Gasteiger charge is -2.35. The molecule has 0 spiro atoms. The zero-order valence-corrected chi connectivity index (χ0v) is 10.9. The van der Waals surface area contributed by atoms with Gasteiger partial charge in [0.25, 0.3) is 0 Å². The Labute approximate surface area is 114 Å². The minimum absolute atomic E-state index is 0.00552. The van der Waals surface area contributed by atoms with Crippen LogP contribution >= 0.6 is 23.2 Å². The standard InChI is InChI=1S/C13H11Cl2NO2/c14-8-4-5-9(15)12-10(8)6-2-1-3-7(6)11(16-12)13(17)18/h1-2,4-7,11,16H,3H2,(H,17,18)/t6-,7+,11-/m1/s1. The van der Waals surface area contributed by atoms with Crippen LogP contribution in [0.2, 0.25) is 10.0 Å². The molecule has 0 saturated heterocycles. The van der Waals surface area contributed by atoms with Gasteiger partial charge in [0.05, 0.1) is 10.7 Å². The Bertz CT molecular complexity index is 556. The first-order valence-electron chi connectivity index (χ1n) is 5.73. The first-order chi connectivity index (χ1) is 8.59. The van der Waals surface area contributed by atoms with Crippen molar-refractivity contribution in [2.45, 2.75) is 18.4 Å². The van der Waals surface area contributed by atoms with E-state index in [4.69, 9.17) is 23.2 Å². The molecule has 1 aromatic rings. The lowest BCUT2D eigenvalue weighted by atomic mass is 9.79. The van der Waals surface area contributed by atoms with Gasteiger partial charge < -0.3 is 10.4 Å². The van der Waals surface area contributed by atoms with E-state index in [1.165, 1.54) is 0 Å². The molecule has 3 rings (SSSR count). The van der Waals surface area contributed by atoms with Crippen molar-refractivity contribution in [3.8, 4) is 0 Å². The molecule has 3 nitrogen and oxygen atoms in total. The highest BCUT2D eigenvalue weighted by molar-refractivity contribution is 6.36. The normalized spacial score (nSPS) is 28.4. The van der Waals surface area contributed by atoms with E-state index in [1.54, 1.807) is 12.1 Å². The summed E-state index contributed by atoms with van der Waals surface area (Å²) in [5, 5.41) is 13.5. The average molecular weight is 284 g/mol. The van der Waals surface area contributed by atoms with E-state index in [2.05, 4.69) is 5.32 Å². The van der Waals surface area contributed by atoms with Crippen LogP contribution in [-0.2, 0) is 4.79 Å². The third kappa shape index (κ3) is 1.62. The summed E-state index contributed by atoms with van der Waals surface area (Å²) >= 11 is 12.4. The molecule has 0 unspecified atom stereocenters. The topological polar surface area (TPSA) is 49.3 Å². The number of benzene rings is 1. The summed E-state index contributed by atoms with van der Waals surface area (Å²) in [6.07, 6.45) is 4.79. The Kier molecular flexibility index (Phi) is 2.76. The zero-order chi connectivity index (χ0) is 12.9. The molecule has 1 aliphatic heterocycles. The van der Waals surface area contributed by atoms with Crippen molar-refractivity contribution in [1.82, 2.24) is 0 Å². The van der Waals surface area contributed by atoms with Crippen molar-refractivity contribution in [1.29, 1.82) is 0 Å². The van der Waals surface area contributed by atoms with E-state index in [1.807, 2.05) is 12.2 Å². The number of nitrogens with one attached hydrogen (secondary N) is 1. The van der Waals surface area contributed by atoms with Crippen LogP contribution in [0.1, 0.15) is 17.9 Å². The van der Waals surface area contributed by atoms with Gasteiger partial charge in [-0.1, -0.05) is 35.4 Å². The number of carboxylic acids is 1. The van der Waals surface area contributed by atoms with Gasteiger partial charge in [0.15, 0.2) is 0 Å². The lowest BCUT2D eigenvalue weighted by molar-refractivity contribution is -0.139. The molecule has 1 aliphatic carbocycles. The predicted molar refractivity (Wildman–Crippen MR) is 71.5 cm³/mol. The lowest BCUT2D eigenvalue weighted by Crippen LogP contribution is -2.42. The number of allylic oxidation sites excluding steroid dienone is 2. The second-order valence-corrected chi connectivity index (χ2v) is 5.45. The maximum Gasteiger partial charge on any atom is 0.326 e. The summed E-state index contributed by atoms with van der Waals surface area (Å²) in [6, 6.07) is 2.83. The number of hydrogen-bond acceptors (Lipinski definition) is 2. The molecule has 0 bridgehead atoms. The van der Waals surface area contributed by atoms with Gasteiger partial charge in [-0.05, 0) is 18.6 Å². The number of rotatable bonds is 1. The fraction of sp³-hybridized carbons (Fsp3) is 0.308. The molecule has 3 atom stereocenters. The average Bonchev–Trinajstić information content (AvgIpc) is 2.81. The van der Waals surface area contributed by atoms with Crippen molar-refractivity contribution >= 4 is 34.9 Å². The summed E-state index contributed by atoms with van der Waals surface area (Å²) in [5.74, 6) is -0.810. The molecule has 1 aromatic carbocycles. The smallest absolute Gasteiger partial charge is 0.326 e. The Morgan fingerprint density at radius 3 is 2.78 bits per heavy atom. The van der Waals surface area contributed by atoms with Crippen molar-refractivity contribution < 1.29 is 9.90 Å². The Hall–Kier alpha value is -1.19. The van der Waals surface area contributed by atoms with Crippen molar-refractivity contribution in [3.63, 3.8) is 0 Å². The van der Waals surface area contributed by atoms with Gasteiger partial charge in [-0.3, -0.25) is 0 Å². The molecule has 1 heterocycles. The van der Waals surface area contributed by atoms with E-state index in [0.717, 1.165) is 12.0 Å². The monoisotopic (exact) mass is 283 g/mol. The highest BCUT2D eigenvalue weighted by atomic mass is 35.5. The summed E-state index contributed by atoms with van der Waals surface area (Å²) in [4.78, 5) is 11.3. The first-order valence-corrected chi connectivity index (χ1v) is 6.49. The number of aliphatic carboxylic acids is 1. The Balaban J connectivity index is 2.17. The molecule has 0 aromatic heterocycles. The van der Waals surface area contributed by atoms with Crippen LogP contribution in [0, 0.1) is 5.92 Å².